The lowest BCUT2D eigenvalue weighted by Gasteiger charge is -2.27. The molecule has 1 N–H and O–H groups in total. The fourth-order valence-corrected chi connectivity index (χ4v) is 3.52. The number of nitrogens with zero attached hydrogens (tertiary/aromatic N) is 2. The van der Waals surface area contributed by atoms with Gasteiger partial charge >= 0.3 is 0 Å². The summed E-state index contributed by atoms with van der Waals surface area (Å²) in [5.74, 6) is 0.984. The summed E-state index contributed by atoms with van der Waals surface area (Å²) in [6.07, 6.45) is 11.1. The summed E-state index contributed by atoms with van der Waals surface area (Å²) >= 11 is 7.63. The van der Waals surface area contributed by atoms with Gasteiger partial charge in [0.05, 0.1) is 5.02 Å². The highest BCUT2D eigenvalue weighted by molar-refractivity contribution is 8.02. The summed E-state index contributed by atoms with van der Waals surface area (Å²) in [6, 6.07) is 1.96. The zero-order valence-electron chi connectivity index (χ0n) is 15.8. The number of oxazole rings is 1. The Balaban J connectivity index is 1.56. The normalized spacial score (nSPS) is 21.5. The maximum Gasteiger partial charge on any atom is 0.247 e. The number of aromatic nitrogens is 2. The van der Waals surface area contributed by atoms with Crippen molar-refractivity contribution in [1.82, 2.24) is 15.3 Å². The molecule has 7 heteroatoms. The lowest BCUT2D eigenvalue weighted by Crippen LogP contribution is -2.37. The zero-order chi connectivity index (χ0) is 19.4. The second-order valence-electron chi connectivity index (χ2n) is 6.88. The molecule has 0 bridgehead atoms. The third kappa shape index (κ3) is 5.14. The Hall–Kier alpha value is -1.79. The molecule has 1 amide bonds. The van der Waals surface area contributed by atoms with E-state index >= 15 is 0 Å². The van der Waals surface area contributed by atoms with Crippen molar-refractivity contribution in [1.29, 1.82) is 0 Å². The van der Waals surface area contributed by atoms with Gasteiger partial charge in [0.1, 0.15) is 5.52 Å². The molecule has 3 rings (SSSR count). The number of carbonyl (C=O) groups excluding carboxylic acids is 1. The Labute approximate surface area is 168 Å². The molecule has 1 saturated carbocycles. The maximum atomic E-state index is 12.3. The lowest BCUT2D eigenvalue weighted by molar-refractivity contribution is -0.118. The fraction of sp³-hybridized carbons (Fsp3) is 0.450. The second-order valence-corrected chi connectivity index (χ2v) is 8.37. The summed E-state index contributed by atoms with van der Waals surface area (Å²) in [6.45, 7) is 3.88. The first kappa shape index (κ1) is 20.0. The Morgan fingerprint density at radius 1 is 1.30 bits per heavy atom. The molecule has 0 aliphatic heterocycles. The molecule has 0 unspecified atom stereocenters. The zero-order valence-corrected chi connectivity index (χ0v) is 17.4. The molecule has 5 nitrogen and oxygen atoms in total. The highest BCUT2D eigenvalue weighted by atomic mass is 35.5. The number of hydrogen-bond donors (Lipinski definition) is 1. The first-order valence-corrected chi connectivity index (χ1v) is 10.7. The largest absolute Gasteiger partial charge is 0.422 e. The molecular weight excluding hydrogens is 382 g/mol. The van der Waals surface area contributed by atoms with Crippen molar-refractivity contribution in [2.75, 3.05) is 6.26 Å². The van der Waals surface area contributed by atoms with Gasteiger partial charge in [0.15, 0.2) is 0 Å². The SMILES string of the molecule is CS/C(C)=C/C=C(\C)C(=O)NC1CCC(c2nc3cc(Cl)cnc3o2)CC1. The number of pyridine rings is 1. The molecule has 0 spiro atoms. The third-order valence-corrected chi connectivity index (χ3v) is 5.88. The van der Waals surface area contributed by atoms with Crippen LogP contribution in [-0.2, 0) is 4.79 Å². The summed E-state index contributed by atoms with van der Waals surface area (Å²) < 4.78 is 5.80. The van der Waals surface area contributed by atoms with E-state index in [0.717, 1.165) is 37.1 Å². The minimum absolute atomic E-state index is 0.00399. The van der Waals surface area contributed by atoms with Crippen LogP contribution in [0.2, 0.25) is 5.02 Å². The number of amides is 1. The van der Waals surface area contributed by atoms with Crippen molar-refractivity contribution in [2.24, 2.45) is 0 Å². The number of nitrogens with one attached hydrogen (secondary N) is 1. The first-order chi connectivity index (χ1) is 13.0. The van der Waals surface area contributed by atoms with E-state index in [9.17, 15) is 4.79 Å². The van der Waals surface area contributed by atoms with Crippen LogP contribution in [0.3, 0.4) is 0 Å². The van der Waals surface area contributed by atoms with Crippen LogP contribution in [-0.4, -0.2) is 28.2 Å². The van der Waals surface area contributed by atoms with Crippen molar-refractivity contribution in [3.05, 3.63) is 45.8 Å². The Morgan fingerprint density at radius 3 is 2.74 bits per heavy atom. The van der Waals surface area contributed by atoms with Gasteiger partial charge in [0, 0.05) is 23.7 Å². The van der Waals surface area contributed by atoms with Gasteiger partial charge in [-0.25, -0.2) is 9.97 Å². The van der Waals surface area contributed by atoms with Crippen LogP contribution in [0.25, 0.3) is 11.2 Å². The number of halogens is 1. The van der Waals surface area contributed by atoms with Crippen molar-refractivity contribution >= 4 is 40.5 Å². The monoisotopic (exact) mass is 405 g/mol. The highest BCUT2D eigenvalue weighted by Crippen LogP contribution is 2.34. The Kier molecular flexibility index (Phi) is 6.60. The van der Waals surface area contributed by atoms with E-state index < -0.39 is 0 Å². The minimum Gasteiger partial charge on any atom is -0.422 e. The molecule has 2 aromatic rings. The smallest absolute Gasteiger partial charge is 0.247 e. The predicted molar refractivity (Wildman–Crippen MR) is 111 cm³/mol. The van der Waals surface area contributed by atoms with Crippen molar-refractivity contribution in [3.63, 3.8) is 0 Å². The average molecular weight is 406 g/mol. The maximum absolute atomic E-state index is 12.3. The van der Waals surface area contributed by atoms with Crippen LogP contribution in [0.1, 0.15) is 51.3 Å². The topological polar surface area (TPSA) is 68.0 Å². The molecule has 0 aromatic carbocycles. The number of allylic oxidation sites excluding steroid dienone is 3. The molecule has 1 fully saturated rings. The quantitative estimate of drug-likeness (QED) is 0.544. The molecule has 0 saturated heterocycles. The van der Waals surface area contributed by atoms with Gasteiger partial charge < -0.3 is 9.73 Å². The Bertz CT molecular complexity index is 882. The average Bonchev–Trinajstić information content (AvgIpc) is 3.09. The van der Waals surface area contributed by atoms with Gasteiger partial charge in [-0.15, -0.1) is 11.8 Å². The van der Waals surface area contributed by atoms with Crippen LogP contribution >= 0.6 is 23.4 Å². The fourth-order valence-electron chi connectivity index (χ4n) is 3.16. The van der Waals surface area contributed by atoms with Gasteiger partial charge in [0.25, 0.3) is 0 Å². The van der Waals surface area contributed by atoms with Crippen LogP contribution in [0, 0.1) is 0 Å². The molecule has 1 aliphatic carbocycles. The summed E-state index contributed by atoms with van der Waals surface area (Å²) in [5.41, 5.74) is 1.95. The van der Waals surface area contributed by atoms with Crippen LogP contribution < -0.4 is 5.32 Å². The third-order valence-electron chi connectivity index (χ3n) is 4.89. The molecule has 2 aromatic heterocycles. The molecule has 144 valence electrons. The van der Waals surface area contributed by atoms with Gasteiger partial charge in [-0.1, -0.05) is 23.8 Å². The van der Waals surface area contributed by atoms with Gasteiger partial charge in [-0.05, 0) is 56.8 Å². The molecule has 0 atom stereocenters. The number of rotatable bonds is 5. The molecular formula is C20H24ClN3O2S. The van der Waals surface area contributed by atoms with E-state index in [1.54, 1.807) is 24.0 Å². The van der Waals surface area contributed by atoms with Gasteiger partial charge in [0.2, 0.25) is 17.5 Å². The van der Waals surface area contributed by atoms with Crippen LogP contribution in [0.5, 0.6) is 0 Å². The van der Waals surface area contributed by atoms with Gasteiger partial charge in [-0.3, -0.25) is 4.79 Å². The van der Waals surface area contributed by atoms with E-state index in [4.69, 9.17) is 16.0 Å². The minimum atomic E-state index is 0.00399. The van der Waals surface area contributed by atoms with E-state index in [-0.39, 0.29) is 17.9 Å². The summed E-state index contributed by atoms with van der Waals surface area (Å²) in [4.78, 5) is 22.2. The summed E-state index contributed by atoms with van der Waals surface area (Å²) in [5, 5.41) is 3.70. The molecule has 2 heterocycles. The van der Waals surface area contributed by atoms with Gasteiger partial charge in [-0.2, -0.15) is 0 Å². The first-order valence-electron chi connectivity index (χ1n) is 9.08. The van der Waals surface area contributed by atoms with E-state index in [2.05, 4.69) is 15.3 Å². The van der Waals surface area contributed by atoms with Crippen molar-refractivity contribution in [2.45, 2.75) is 51.5 Å². The lowest BCUT2D eigenvalue weighted by atomic mass is 9.86. The van der Waals surface area contributed by atoms with E-state index in [1.165, 1.54) is 4.91 Å². The van der Waals surface area contributed by atoms with Crippen LogP contribution in [0.4, 0.5) is 0 Å². The second kappa shape index (κ2) is 8.93. The van der Waals surface area contributed by atoms with Crippen LogP contribution in [0.15, 0.2) is 39.3 Å². The standard InChI is InChI=1S/C20H24ClN3O2S/c1-12(4-5-13(2)27-3)18(25)23-16-8-6-14(7-9-16)19-24-17-10-15(21)11-22-20(17)26-19/h4-5,10-11,14,16H,6-9H2,1-3H3,(H,23,25)/b12-4+,13-5+. The highest BCUT2D eigenvalue weighted by Gasteiger charge is 2.27. The number of hydrogen-bond acceptors (Lipinski definition) is 5. The van der Waals surface area contributed by atoms with E-state index in [0.29, 0.717) is 16.3 Å². The number of thioether (sulfide) groups is 1. The van der Waals surface area contributed by atoms with Crippen molar-refractivity contribution < 1.29 is 9.21 Å². The van der Waals surface area contributed by atoms with Crippen molar-refractivity contribution in [3.8, 4) is 0 Å². The number of carbonyl (C=O) groups is 1. The predicted octanol–water partition coefficient (Wildman–Crippen LogP) is 5.23. The molecule has 27 heavy (non-hydrogen) atoms. The molecule has 1 aliphatic rings. The number of fused-ring (bicyclic) bond motifs is 1. The molecule has 0 radical (unpaired) electrons. The summed E-state index contributed by atoms with van der Waals surface area (Å²) in [7, 11) is 0. The Morgan fingerprint density at radius 2 is 2.04 bits per heavy atom. The van der Waals surface area contributed by atoms with E-state index in [1.807, 2.05) is 32.3 Å².